The predicted octanol–water partition coefficient (Wildman–Crippen LogP) is 2.09. The number of aliphatic hydroxyl groups is 1. The number of aliphatic hydroxyl groups excluding tert-OH is 1. The van der Waals surface area contributed by atoms with Crippen molar-refractivity contribution in [3.05, 3.63) is 29.6 Å². The van der Waals surface area contributed by atoms with E-state index in [0.717, 1.165) is 24.9 Å². The van der Waals surface area contributed by atoms with Crippen LogP contribution < -0.4 is 10.1 Å². The second kappa shape index (κ2) is 8.03. The summed E-state index contributed by atoms with van der Waals surface area (Å²) in [7, 11) is 0. The summed E-state index contributed by atoms with van der Waals surface area (Å²) in [6, 6.07) is 4.54. The van der Waals surface area contributed by atoms with Gasteiger partial charge >= 0.3 is 0 Å². The van der Waals surface area contributed by atoms with Gasteiger partial charge in [-0.1, -0.05) is 6.92 Å². The number of rotatable bonds is 8. The lowest BCUT2D eigenvalue weighted by Gasteiger charge is -2.11. The molecule has 0 saturated carbocycles. The molecule has 2 N–H and O–H groups in total. The van der Waals surface area contributed by atoms with Crippen molar-refractivity contribution >= 4 is 0 Å². The molecular formula is C13H20FNO2. The van der Waals surface area contributed by atoms with Crippen LogP contribution in [0.25, 0.3) is 0 Å². The number of ether oxygens (including phenoxy) is 1. The average molecular weight is 241 g/mol. The van der Waals surface area contributed by atoms with E-state index in [2.05, 4.69) is 5.32 Å². The van der Waals surface area contributed by atoms with Gasteiger partial charge in [-0.15, -0.1) is 0 Å². The van der Waals surface area contributed by atoms with Crippen LogP contribution in [0.15, 0.2) is 18.2 Å². The first-order valence-electron chi connectivity index (χ1n) is 6.00. The van der Waals surface area contributed by atoms with Gasteiger partial charge in [0.1, 0.15) is 11.6 Å². The third kappa shape index (κ3) is 5.15. The van der Waals surface area contributed by atoms with E-state index < -0.39 is 0 Å². The SMILES string of the molecule is CCNCc1cc(F)ccc1OCCCCO. The van der Waals surface area contributed by atoms with Crippen molar-refractivity contribution in [3.8, 4) is 5.75 Å². The Morgan fingerprint density at radius 1 is 1.35 bits per heavy atom. The Balaban J connectivity index is 2.55. The highest BCUT2D eigenvalue weighted by Crippen LogP contribution is 2.19. The normalized spacial score (nSPS) is 10.5. The molecule has 0 saturated heterocycles. The highest BCUT2D eigenvalue weighted by atomic mass is 19.1. The number of hydrogen-bond donors (Lipinski definition) is 2. The Morgan fingerprint density at radius 2 is 2.18 bits per heavy atom. The molecule has 1 rings (SSSR count). The van der Waals surface area contributed by atoms with Crippen LogP contribution >= 0.6 is 0 Å². The summed E-state index contributed by atoms with van der Waals surface area (Å²) in [4.78, 5) is 0. The zero-order chi connectivity index (χ0) is 12.5. The van der Waals surface area contributed by atoms with Gasteiger partial charge in [0, 0.05) is 18.7 Å². The summed E-state index contributed by atoms with van der Waals surface area (Å²) in [6.07, 6.45) is 1.53. The first kappa shape index (κ1) is 13.9. The van der Waals surface area contributed by atoms with Crippen LogP contribution in [0.4, 0.5) is 4.39 Å². The molecule has 3 nitrogen and oxygen atoms in total. The number of benzene rings is 1. The molecule has 0 aliphatic heterocycles. The van der Waals surface area contributed by atoms with Gasteiger partial charge in [-0.2, -0.15) is 0 Å². The molecule has 0 atom stereocenters. The summed E-state index contributed by atoms with van der Waals surface area (Å²) in [5, 5.41) is 11.8. The lowest BCUT2D eigenvalue weighted by Crippen LogP contribution is -2.13. The highest BCUT2D eigenvalue weighted by Gasteiger charge is 2.04. The summed E-state index contributed by atoms with van der Waals surface area (Å²) in [5.74, 6) is 0.464. The molecule has 4 heteroatoms. The zero-order valence-electron chi connectivity index (χ0n) is 10.2. The molecule has 96 valence electrons. The van der Waals surface area contributed by atoms with E-state index in [4.69, 9.17) is 9.84 Å². The summed E-state index contributed by atoms with van der Waals surface area (Å²) in [5.41, 5.74) is 0.829. The van der Waals surface area contributed by atoms with Crippen molar-refractivity contribution in [3.63, 3.8) is 0 Å². The van der Waals surface area contributed by atoms with Crippen molar-refractivity contribution in [1.82, 2.24) is 5.32 Å². The van der Waals surface area contributed by atoms with Gasteiger partial charge in [0.15, 0.2) is 0 Å². The molecule has 0 aliphatic carbocycles. The first-order chi connectivity index (χ1) is 8.27. The van der Waals surface area contributed by atoms with Gasteiger partial charge in [0.2, 0.25) is 0 Å². The van der Waals surface area contributed by atoms with Crippen LogP contribution in [0.1, 0.15) is 25.3 Å². The lowest BCUT2D eigenvalue weighted by molar-refractivity contribution is 0.252. The van der Waals surface area contributed by atoms with Crippen molar-refractivity contribution in [2.75, 3.05) is 19.8 Å². The van der Waals surface area contributed by atoms with E-state index in [0.29, 0.717) is 18.9 Å². The molecule has 0 aliphatic rings. The molecule has 0 unspecified atom stereocenters. The maximum Gasteiger partial charge on any atom is 0.123 e. The van der Waals surface area contributed by atoms with Crippen LogP contribution in [0.5, 0.6) is 5.75 Å². The van der Waals surface area contributed by atoms with Crippen LogP contribution in [0.2, 0.25) is 0 Å². The van der Waals surface area contributed by atoms with Crippen molar-refractivity contribution in [2.45, 2.75) is 26.3 Å². The molecule has 0 spiro atoms. The fourth-order valence-corrected chi connectivity index (χ4v) is 1.48. The van der Waals surface area contributed by atoms with Gasteiger partial charge in [-0.05, 0) is 37.6 Å². The highest BCUT2D eigenvalue weighted by molar-refractivity contribution is 5.33. The molecule has 0 heterocycles. The minimum atomic E-state index is -0.249. The second-order valence-corrected chi connectivity index (χ2v) is 3.81. The molecule has 1 aromatic carbocycles. The molecular weight excluding hydrogens is 221 g/mol. The van der Waals surface area contributed by atoms with Crippen molar-refractivity contribution in [1.29, 1.82) is 0 Å². The number of halogens is 1. The fraction of sp³-hybridized carbons (Fsp3) is 0.538. The molecule has 0 radical (unpaired) electrons. The van der Waals surface area contributed by atoms with E-state index >= 15 is 0 Å². The molecule has 0 bridgehead atoms. The Bertz CT molecular complexity index is 331. The largest absolute Gasteiger partial charge is 0.493 e. The molecule has 1 aromatic rings. The van der Waals surface area contributed by atoms with Gasteiger partial charge in [0.05, 0.1) is 6.61 Å². The fourth-order valence-electron chi connectivity index (χ4n) is 1.48. The van der Waals surface area contributed by atoms with Crippen molar-refractivity contribution in [2.24, 2.45) is 0 Å². The van der Waals surface area contributed by atoms with Crippen LogP contribution in [0, 0.1) is 5.82 Å². The maximum absolute atomic E-state index is 13.1. The van der Waals surface area contributed by atoms with Crippen LogP contribution in [0.3, 0.4) is 0 Å². The molecule has 0 fully saturated rings. The third-order valence-corrected chi connectivity index (χ3v) is 2.40. The molecule has 0 amide bonds. The summed E-state index contributed by atoms with van der Waals surface area (Å²) >= 11 is 0. The van der Waals surface area contributed by atoms with Gasteiger partial charge in [-0.25, -0.2) is 4.39 Å². The topological polar surface area (TPSA) is 41.5 Å². The Kier molecular flexibility index (Phi) is 6.58. The van der Waals surface area contributed by atoms with E-state index in [1.54, 1.807) is 6.07 Å². The minimum Gasteiger partial charge on any atom is -0.493 e. The third-order valence-electron chi connectivity index (χ3n) is 2.40. The molecule has 17 heavy (non-hydrogen) atoms. The van der Waals surface area contributed by atoms with Crippen molar-refractivity contribution < 1.29 is 14.2 Å². The smallest absolute Gasteiger partial charge is 0.123 e. The summed E-state index contributed by atoms with van der Waals surface area (Å²) < 4.78 is 18.7. The standard InChI is InChI=1S/C13H20FNO2/c1-2-15-10-11-9-12(14)5-6-13(11)17-8-4-3-7-16/h5-6,9,15-16H,2-4,7-8,10H2,1H3. The van der Waals surface area contributed by atoms with E-state index in [9.17, 15) is 4.39 Å². The van der Waals surface area contributed by atoms with E-state index in [1.807, 2.05) is 6.92 Å². The average Bonchev–Trinajstić information content (AvgIpc) is 2.34. The van der Waals surface area contributed by atoms with Crippen LogP contribution in [-0.2, 0) is 6.54 Å². The Morgan fingerprint density at radius 3 is 2.88 bits per heavy atom. The first-order valence-corrected chi connectivity index (χ1v) is 6.00. The van der Waals surface area contributed by atoms with Gasteiger partial charge in [0.25, 0.3) is 0 Å². The van der Waals surface area contributed by atoms with E-state index in [-0.39, 0.29) is 12.4 Å². The quantitative estimate of drug-likeness (QED) is 0.685. The van der Waals surface area contributed by atoms with E-state index in [1.165, 1.54) is 12.1 Å². The second-order valence-electron chi connectivity index (χ2n) is 3.81. The lowest BCUT2D eigenvalue weighted by atomic mass is 10.2. The number of nitrogens with one attached hydrogen (secondary N) is 1. The Hall–Kier alpha value is -1.13. The maximum atomic E-state index is 13.1. The van der Waals surface area contributed by atoms with Crippen LogP contribution in [-0.4, -0.2) is 24.9 Å². The molecule has 0 aromatic heterocycles. The predicted molar refractivity (Wildman–Crippen MR) is 65.6 cm³/mol. The van der Waals surface area contributed by atoms with Gasteiger partial charge < -0.3 is 15.2 Å². The summed E-state index contributed by atoms with van der Waals surface area (Å²) in [6.45, 7) is 4.16. The number of hydrogen-bond acceptors (Lipinski definition) is 3. The monoisotopic (exact) mass is 241 g/mol. The van der Waals surface area contributed by atoms with Gasteiger partial charge in [-0.3, -0.25) is 0 Å². The Labute approximate surface area is 102 Å². The minimum absolute atomic E-state index is 0.178. The zero-order valence-corrected chi connectivity index (χ0v) is 10.2. The number of unbranched alkanes of at least 4 members (excludes halogenated alkanes) is 1.